The molecule has 0 radical (unpaired) electrons. The molecule has 0 aliphatic rings. The molecule has 0 atom stereocenters. The highest BCUT2D eigenvalue weighted by Crippen LogP contribution is 2.21. The van der Waals surface area contributed by atoms with Crippen molar-refractivity contribution >= 4 is 17.3 Å². The normalized spacial score (nSPS) is 10.8. The maximum absolute atomic E-state index is 4.59. The van der Waals surface area contributed by atoms with E-state index in [-0.39, 0.29) is 0 Å². The van der Waals surface area contributed by atoms with Gasteiger partial charge in [-0.2, -0.15) is 14.6 Å². The van der Waals surface area contributed by atoms with Crippen LogP contribution in [0.25, 0.3) is 17.0 Å². The van der Waals surface area contributed by atoms with Gasteiger partial charge < -0.3 is 10.6 Å². The number of para-hydroxylation sites is 1. The van der Waals surface area contributed by atoms with Crippen LogP contribution in [-0.2, 0) is 0 Å². The van der Waals surface area contributed by atoms with Gasteiger partial charge in [-0.1, -0.05) is 48.5 Å². The number of fused-ring (bicyclic) bond motifs is 1. The molecule has 0 amide bonds. The van der Waals surface area contributed by atoms with Gasteiger partial charge >= 0.3 is 0 Å². The Balaban J connectivity index is 1.43. The lowest BCUT2D eigenvalue weighted by Gasteiger charge is -2.11. The molecule has 0 aliphatic carbocycles. The number of nitrogens with zero attached hydrogens (tertiary/aromatic N) is 4. The minimum absolute atomic E-state index is 0.594. The first-order valence-corrected chi connectivity index (χ1v) is 8.69. The number of hydrogen-bond donors (Lipinski definition) is 2. The van der Waals surface area contributed by atoms with Gasteiger partial charge in [-0.25, -0.2) is 4.98 Å². The molecule has 2 aromatic carbocycles. The van der Waals surface area contributed by atoms with Crippen molar-refractivity contribution in [2.75, 3.05) is 23.7 Å². The molecule has 2 heterocycles. The van der Waals surface area contributed by atoms with Crippen LogP contribution in [0.2, 0.25) is 0 Å². The lowest BCUT2D eigenvalue weighted by atomic mass is 10.1. The third-order valence-electron chi connectivity index (χ3n) is 4.08. The molecule has 0 bridgehead atoms. The number of aromatic nitrogens is 4. The van der Waals surface area contributed by atoms with E-state index >= 15 is 0 Å². The second kappa shape index (κ2) is 7.65. The monoisotopic (exact) mass is 344 g/mol. The standard InChI is InChI=1S/C20H20N6/c1-3-8-16(9-4-1)18-14-19(26-20(25-18)23-15-24-26)22-13-7-12-21-17-10-5-2-6-11-17/h1-6,8-11,14-15,21-22H,7,12-13H2. The summed E-state index contributed by atoms with van der Waals surface area (Å²) in [6, 6.07) is 22.3. The Bertz CT molecular complexity index is 965. The Kier molecular flexibility index (Phi) is 4.73. The average molecular weight is 344 g/mol. The van der Waals surface area contributed by atoms with Crippen molar-refractivity contribution in [2.24, 2.45) is 0 Å². The highest BCUT2D eigenvalue weighted by atomic mass is 15.3. The zero-order valence-corrected chi connectivity index (χ0v) is 14.3. The summed E-state index contributed by atoms with van der Waals surface area (Å²) >= 11 is 0. The van der Waals surface area contributed by atoms with Crippen LogP contribution in [0.5, 0.6) is 0 Å². The lowest BCUT2D eigenvalue weighted by molar-refractivity contribution is 0.875. The molecule has 6 nitrogen and oxygen atoms in total. The predicted octanol–water partition coefficient (Wildman–Crippen LogP) is 3.71. The molecule has 6 heteroatoms. The molecule has 2 N–H and O–H groups in total. The largest absolute Gasteiger partial charge is 0.385 e. The van der Waals surface area contributed by atoms with Gasteiger partial charge in [0, 0.05) is 30.4 Å². The van der Waals surface area contributed by atoms with Crippen molar-refractivity contribution in [3.63, 3.8) is 0 Å². The zero-order valence-electron chi connectivity index (χ0n) is 14.3. The van der Waals surface area contributed by atoms with Gasteiger partial charge in [0.05, 0.1) is 5.69 Å². The Hall–Kier alpha value is -3.41. The molecule has 0 fully saturated rings. The first-order chi connectivity index (χ1) is 12.9. The summed E-state index contributed by atoms with van der Waals surface area (Å²) < 4.78 is 1.73. The van der Waals surface area contributed by atoms with Crippen molar-refractivity contribution in [1.82, 2.24) is 19.6 Å². The summed E-state index contributed by atoms with van der Waals surface area (Å²) in [5, 5.41) is 11.1. The SMILES string of the molecule is c1ccc(NCCCNc2cc(-c3ccccc3)nc3ncnn23)cc1. The van der Waals surface area contributed by atoms with Crippen molar-refractivity contribution in [1.29, 1.82) is 0 Å². The first-order valence-electron chi connectivity index (χ1n) is 8.69. The summed E-state index contributed by atoms with van der Waals surface area (Å²) in [6.07, 6.45) is 2.51. The number of rotatable bonds is 7. The highest BCUT2D eigenvalue weighted by Gasteiger charge is 2.08. The summed E-state index contributed by atoms with van der Waals surface area (Å²) in [7, 11) is 0. The first kappa shape index (κ1) is 16.1. The van der Waals surface area contributed by atoms with Crippen LogP contribution in [0.4, 0.5) is 11.5 Å². The second-order valence-electron chi connectivity index (χ2n) is 5.94. The van der Waals surface area contributed by atoms with Gasteiger partial charge in [-0.3, -0.25) is 0 Å². The molecule has 0 spiro atoms. The predicted molar refractivity (Wildman–Crippen MR) is 104 cm³/mol. The molecule has 0 saturated carbocycles. The molecule has 0 aliphatic heterocycles. The van der Waals surface area contributed by atoms with Crippen LogP contribution in [0, 0.1) is 0 Å². The molecule has 130 valence electrons. The summed E-state index contributed by atoms with van der Waals surface area (Å²) in [5.41, 5.74) is 3.09. The third-order valence-corrected chi connectivity index (χ3v) is 4.08. The molecule has 4 aromatic rings. The third kappa shape index (κ3) is 3.64. The maximum atomic E-state index is 4.59. The Morgan fingerprint density at radius 2 is 1.58 bits per heavy atom. The Labute approximate surface area is 151 Å². The van der Waals surface area contributed by atoms with Crippen molar-refractivity contribution in [3.05, 3.63) is 73.1 Å². The number of anilines is 2. The molecular weight excluding hydrogens is 324 g/mol. The van der Waals surface area contributed by atoms with Gasteiger partial charge in [0.15, 0.2) is 0 Å². The zero-order chi connectivity index (χ0) is 17.6. The van der Waals surface area contributed by atoms with E-state index in [0.717, 1.165) is 42.3 Å². The second-order valence-corrected chi connectivity index (χ2v) is 5.94. The fraction of sp³-hybridized carbons (Fsp3) is 0.150. The topological polar surface area (TPSA) is 67.1 Å². The van der Waals surface area contributed by atoms with E-state index in [4.69, 9.17) is 0 Å². The highest BCUT2D eigenvalue weighted by molar-refractivity contribution is 5.65. The molecule has 0 unspecified atom stereocenters. The minimum atomic E-state index is 0.594. The fourth-order valence-corrected chi connectivity index (χ4v) is 2.79. The lowest BCUT2D eigenvalue weighted by Crippen LogP contribution is -2.12. The van der Waals surface area contributed by atoms with Crippen LogP contribution in [-0.4, -0.2) is 32.7 Å². The van der Waals surface area contributed by atoms with E-state index in [0.29, 0.717) is 5.78 Å². The fourth-order valence-electron chi connectivity index (χ4n) is 2.79. The summed E-state index contributed by atoms with van der Waals surface area (Å²) in [5.74, 6) is 1.49. The van der Waals surface area contributed by atoms with Crippen molar-refractivity contribution in [3.8, 4) is 11.3 Å². The van der Waals surface area contributed by atoms with E-state index in [1.807, 2.05) is 54.6 Å². The van der Waals surface area contributed by atoms with Gasteiger partial charge in [-0.05, 0) is 18.6 Å². The number of hydrogen-bond acceptors (Lipinski definition) is 5. The van der Waals surface area contributed by atoms with Gasteiger partial charge in [-0.15, -0.1) is 0 Å². The average Bonchev–Trinajstić information content (AvgIpc) is 3.18. The van der Waals surface area contributed by atoms with Crippen molar-refractivity contribution < 1.29 is 0 Å². The Morgan fingerprint density at radius 3 is 2.38 bits per heavy atom. The molecule has 26 heavy (non-hydrogen) atoms. The van der Waals surface area contributed by atoms with E-state index in [9.17, 15) is 0 Å². The smallest absolute Gasteiger partial charge is 0.254 e. The number of benzene rings is 2. The molecule has 4 rings (SSSR count). The van der Waals surface area contributed by atoms with Crippen LogP contribution in [0.1, 0.15) is 6.42 Å². The Morgan fingerprint density at radius 1 is 0.846 bits per heavy atom. The van der Waals surface area contributed by atoms with E-state index in [1.54, 1.807) is 4.52 Å². The van der Waals surface area contributed by atoms with Gasteiger partial charge in [0.2, 0.25) is 0 Å². The molecular formula is C20H20N6. The van der Waals surface area contributed by atoms with Crippen LogP contribution in [0.3, 0.4) is 0 Å². The van der Waals surface area contributed by atoms with Crippen LogP contribution in [0.15, 0.2) is 73.1 Å². The van der Waals surface area contributed by atoms with Crippen LogP contribution >= 0.6 is 0 Å². The van der Waals surface area contributed by atoms with Gasteiger partial charge in [0.1, 0.15) is 12.1 Å². The van der Waals surface area contributed by atoms with E-state index in [2.05, 4.69) is 37.8 Å². The van der Waals surface area contributed by atoms with Crippen molar-refractivity contribution in [2.45, 2.75) is 6.42 Å². The van der Waals surface area contributed by atoms with Crippen LogP contribution < -0.4 is 10.6 Å². The van der Waals surface area contributed by atoms with E-state index in [1.165, 1.54) is 6.33 Å². The maximum Gasteiger partial charge on any atom is 0.254 e. The minimum Gasteiger partial charge on any atom is -0.385 e. The van der Waals surface area contributed by atoms with E-state index < -0.39 is 0 Å². The molecule has 2 aromatic heterocycles. The number of nitrogens with one attached hydrogen (secondary N) is 2. The quantitative estimate of drug-likeness (QED) is 0.500. The van der Waals surface area contributed by atoms with Gasteiger partial charge in [0.25, 0.3) is 5.78 Å². The summed E-state index contributed by atoms with van der Waals surface area (Å²) in [4.78, 5) is 8.83. The molecule has 0 saturated heterocycles. The summed E-state index contributed by atoms with van der Waals surface area (Å²) in [6.45, 7) is 1.72.